The standard InChI is InChI=1S/C13H14ClFN2O4/c14-8-1-2-10(9(15)5-8)16-12(18)6-17-3-4-21-7-11(17)13(19)20/h1-2,5,11H,3-4,6-7H2,(H,16,18)(H,19,20). The summed E-state index contributed by atoms with van der Waals surface area (Å²) >= 11 is 5.62. The van der Waals surface area contributed by atoms with Gasteiger partial charge >= 0.3 is 5.97 Å². The van der Waals surface area contributed by atoms with Crippen LogP contribution in [-0.2, 0) is 14.3 Å². The Bertz CT molecular complexity index is 555. The minimum absolute atomic E-state index is 0.00420. The topological polar surface area (TPSA) is 78.9 Å². The molecule has 0 aromatic heterocycles. The summed E-state index contributed by atoms with van der Waals surface area (Å²) in [6.45, 7) is 0.556. The molecule has 0 radical (unpaired) electrons. The molecule has 114 valence electrons. The Morgan fingerprint density at radius 1 is 1.52 bits per heavy atom. The highest BCUT2D eigenvalue weighted by Crippen LogP contribution is 2.19. The molecule has 1 unspecified atom stereocenters. The maximum atomic E-state index is 13.6. The number of rotatable bonds is 4. The zero-order valence-corrected chi connectivity index (χ0v) is 11.8. The van der Waals surface area contributed by atoms with E-state index < -0.39 is 23.7 Å². The first kappa shape index (κ1) is 15.7. The van der Waals surface area contributed by atoms with Crippen molar-refractivity contribution in [3.05, 3.63) is 29.0 Å². The molecule has 1 aliphatic rings. The van der Waals surface area contributed by atoms with Crippen LogP contribution in [0.15, 0.2) is 18.2 Å². The van der Waals surface area contributed by atoms with Crippen LogP contribution in [0.2, 0.25) is 5.02 Å². The van der Waals surface area contributed by atoms with E-state index >= 15 is 0 Å². The van der Waals surface area contributed by atoms with Crippen molar-refractivity contribution in [1.82, 2.24) is 4.90 Å². The van der Waals surface area contributed by atoms with Crippen LogP contribution in [0.3, 0.4) is 0 Å². The summed E-state index contributed by atoms with van der Waals surface area (Å²) in [6.07, 6.45) is 0. The van der Waals surface area contributed by atoms with Crippen molar-refractivity contribution in [2.24, 2.45) is 0 Å². The van der Waals surface area contributed by atoms with Crippen molar-refractivity contribution < 1.29 is 23.8 Å². The van der Waals surface area contributed by atoms with Gasteiger partial charge in [-0.1, -0.05) is 11.6 Å². The molecule has 1 aliphatic heterocycles. The van der Waals surface area contributed by atoms with E-state index in [1.807, 2.05) is 0 Å². The van der Waals surface area contributed by atoms with Crippen LogP contribution in [0.25, 0.3) is 0 Å². The minimum Gasteiger partial charge on any atom is -0.480 e. The smallest absolute Gasteiger partial charge is 0.323 e. The van der Waals surface area contributed by atoms with Gasteiger partial charge in [-0.3, -0.25) is 14.5 Å². The van der Waals surface area contributed by atoms with Gasteiger partial charge < -0.3 is 15.2 Å². The van der Waals surface area contributed by atoms with Crippen molar-refractivity contribution in [2.45, 2.75) is 6.04 Å². The second-order valence-corrected chi connectivity index (χ2v) is 5.01. The second-order valence-electron chi connectivity index (χ2n) is 4.57. The van der Waals surface area contributed by atoms with Crippen molar-refractivity contribution in [1.29, 1.82) is 0 Å². The number of amides is 1. The molecule has 8 heteroatoms. The number of nitrogens with one attached hydrogen (secondary N) is 1. The highest BCUT2D eigenvalue weighted by Gasteiger charge is 2.30. The summed E-state index contributed by atoms with van der Waals surface area (Å²) in [5.41, 5.74) is 0.00420. The molecule has 0 bridgehead atoms. The molecule has 1 atom stereocenters. The number of hydrogen-bond acceptors (Lipinski definition) is 4. The number of hydrogen-bond donors (Lipinski definition) is 2. The molecule has 21 heavy (non-hydrogen) atoms. The number of halogens is 2. The second kappa shape index (κ2) is 6.84. The van der Waals surface area contributed by atoms with E-state index in [1.165, 1.54) is 17.0 Å². The fraction of sp³-hybridized carbons (Fsp3) is 0.385. The monoisotopic (exact) mass is 316 g/mol. The Kier molecular flexibility index (Phi) is 5.11. The third kappa shape index (κ3) is 4.13. The molecular weight excluding hydrogens is 303 g/mol. The third-order valence-corrected chi connectivity index (χ3v) is 3.31. The van der Waals surface area contributed by atoms with Gasteiger partial charge in [0.05, 0.1) is 25.4 Å². The Balaban J connectivity index is 1.98. The van der Waals surface area contributed by atoms with Crippen LogP contribution in [0.5, 0.6) is 0 Å². The predicted molar refractivity (Wildman–Crippen MR) is 73.9 cm³/mol. The van der Waals surface area contributed by atoms with E-state index in [9.17, 15) is 14.0 Å². The van der Waals surface area contributed by atoms with Gasteiger partial charge in [-0.15, -0.1) is 0 Å². The van der Waals surface area contributed by atoms with Crippen LogP contribution in [0, 0.1) is 5.82 Å². The van der Waals surface area contributed by atoms with Gasteiger partial charge in [0.15, 0.2) is 0 Å². The molecule has 1 aromatic rings. The molecule has 1 saturated heterocycles. The molecule has 1 fully saturated rings. The van der Waals surface area contributed by atoms with Crippen LogP contribution >= 0.6 is 11.6 Å². The summed E-state index contributed by atoms with van der Waals surface area (Å²) in [5, 5.41) is 11.7. The Morgan fingerprint density at radius 2 is 2.29 bits per heavy atom. The number of carbonyl (C=O) groups is 2. The lowest BCUT2D eigenvalue weighted by atomic mass is 10.2. The Hall–Kier alpha value is -1.70. The van der Waals surface area contributed by atoms with Gasteiger partial charge in [0.2, 0.25) is 5.91 Å². The minimum atomic E-state index is -1.06. The van der Waals surface area contributed by atoms with Gasteiger partial charge in [0.25, 0.3) is 0 Å². The van der Waals surface area contributed by atoms with Crippen LogP contribution < -0.4 is 5.32 Å². The lowest BCUT2D eigenvalue weighted by Crippen LogP contribution is -2.52. The van der Waals surface area contributed by atoms with Crippen molar-refractivity contribution in [2.75, 3.05) is 31.6 Å². The SMILES string of the molecule is O=C(CN1CCOCC1C(=O)O)Nc1ccc(Cl)cc1F. The largest absolute Gasteiger partial charge is 0.480 e. The fourth-order valence-corrected chi connectivity index (χ4v) is 2.18. The number of ether oxygens (including phenoxy) is 1. The number of carboxylic acid groups (broad SMARTS) is 1. The number of nitrogens with zero attached hydrogens (tertiary/aromatic N) is 1. The summed E-state index contributed by atoms with van der Waals surface area (Å²) in [6, 6.07) is 3.02. The van der Waals surface area contributed by atoms with Crippen molar-refractivity contribution in [3.8, 4) is 0 Å². The number of carboxylic acids is 1. The summed E-state index contributed by atoms with van der Waals surface area (Å²) in [7, 11) is 0. The first-order chi connectivity index (χ1) is 9.97. The van der Waals surface area contributed by atoms with Gasteiger partial charge in [-0.2, -0.15) is 0 Å². The molecule has 0 spiro atoms. The highest BCUT2D eigenvalue weighted by atomic mass is 35.5. The maximum Gasteiger partial charge on any atom is 0.323 e. The average molecular weight is 317 g/mol. The van der Waals surface area contributed by atoms with Crippen LogP contribution in [0.4, 0.5) is 10.1 Å². The summed E-state index contributed by atoms with van der Waals surface area (Å²) < 4.78 is 18.6. The quantitative estimate of drug-likeness (QED) is 0.872. The Labute approximate surface area is 125 Å². The molecule has 1 heterocycles. The maximum absolute atomic E-state index is 13.6. The summed E-state index contributed by atoms with van der Waals surface area (Å²) in [4.78, 5) is 24.4. The fourth-order valence-electron chi connectivity index (χ4n) is 2.02. The zero-order valence-electron chi connectivity index (χ0n) is 11.0. The molecule has 0 aliphatic carbocycles. The van der Waals surface area contributed by atoms with E-state index in [4.69, 9.17) is 21.4 Å². The normalized spacial score (nSPS) is 19.2. The highest BCUT2D eigenvalue weighted by molar-refractivity contribution is 6.30. The molecular formula is C13H14ClFN2O4. The van der Waals surface area contributed by atoms with E-state index in [-0.39, 0.29) is 23.9 Å². The molecule has 1 amide bonds. The van der Waals surface area contributed by atoms with E-state index in [0.29, 0.717) is 13.2 Å². The molecule has 0 saturated carbocycles. The van der Waals surface area contributed by atoms with E-state index in [2.05, 4.69) is 5.32 Å². The molecule has 2 rings (SSSR count). The lowest BCUT2D eigenvalue weighted by Gasteiger charge is -2.32. The number of morpholine rings is 1. The zero-order chi connectivity index (χ0) is 15.4. The van der Waals surface area contributed by atoms with Crippen LogP contribution in [-0.4, -0.2) is 54.2 Å². The number of aliphatic carboxylic acids is 1. The van der Waals surface area contributed by atoms with Gasteiger partial charge in [0, 0.05) is 11.6 Å². The van der Waals surface area contributed by atoms with Crippen molar-refractivity contribution in [3.63, 3.8) is 0 Å². The first-order valence-electron chi connectivity index (χ1n) is 6.27. The molecule has 2 N–H and O–H groups in total. The van der Waals surface area contributed by atoms with Gasteiger partial charge in [-0.05, 0) is 18.2 Å². The number of anilines is 1. The van der Waals surface area contributed by atoms with Crippen LogP contribution in [0.1, 0.15) is 0 Å². The number of benzene rings is 1. The van der Waals surface area contributed by atoms with E-state index in [0.717, 1.165) is 6.07 Å². The van der Waals surface area contributed by atoms with Crippen molar-refractivity contribution >= 4 is 29.2 Å². The van der Waals surface area contributed by atoms with Gasteiger partial charge in [-0.25, -0.2) is 4.39 Å². The summed E-state index contributed by atoms with van der Waals surface area (Å²) in [5.74, 6) is -2.20. The van der Waals surface area contributed by atoms with E-state index in [1.54, 1.807) is 0 Å². The lowest BCUT2D eigenvalue weighted by molar-refractivity contribution is -0.150. The Morgan fingerprint density at radius 3 is 2.95 bits per heavy atom. The number of carbonyl (C=O) groups excluding carboxylic acids is 1. The van der Waals surface area contributed by atoms with Gasteiger partial charge in [0.1, 0.15) is 11.9 Å². The predicted octanol–water partition coefficient (Wildman–Crippen LogP) is 1.20. The molecule has 6 nitrogen and oxygen atoms in total. The average Bonchev–Trinajstić information content (AvgIpc) is 2.42. The molecule has 1 aromatic carbocycles. The first-order valence-corrected chi connectivity index (χ1v) is 6.64. The third-order valence-electron chi connectivity index (χ3n) is 3.08.